The molecule has 2 aliphatic rings. The van der Waals surface area contributed by atoms with Crippen molar-refractivity contribution in [3.63, 3.8) is 0 Å². The number of aliphatic hydroxyl groups excluding tert-OH is 1. The van der Waals surface area contributed by atoms with E-state index in [1.807, 2.05) is 0 Å². The van der Waals surface area contributed by atoms with E-state index in [-0.39, 0.29) is 18.0 Å². The first-order valence-electron chi connectivity index (χ1n) is 9.02. The van der Waals surface area contributed by atoms with Gasteiger partial charge in [-0.25, -0.2) is 0 Å². The number of rotatable bonds is 4. The number of benzene rings is 1. The van der Waals surface area contributed by atoms with Crippen LogP contribution >= 0.6 is 0 Å². The van der Waals surface area contributed by atoms with Gasteiger partial charge in [-0.05, 0) is 66.9 Å². The molecule has 0 radical (unpaired) electrons. The molecule has 0 saturated heterocycles. The predicted octanol–water partition coefficient (Wildman–Crippen LogP) is 2.56. The van der Waals surface area contributed by atoms with Crippen LogP contribution in [0.1, 0.15) is 50.2 Å². The molecule has 24 heavy (non-hydrogen) atoms. The predicted molar refractivity (Wildman–Crippen MR) is 93.6 cm³/mol. The first kappa shape index (κ1) is 17.4. The fourth-order valence-corrected chi connectivity index (χ4v) is 4.96. The average Bonchev–Trinajstić information content (AvgIpc) is 2.90. The summed E-state index contributed by atoms with van der Waals surface area (Å²) < 4.78 is 4.93. The summed E-state index contributed by atoms with van der Waals surface area (Å²) in [6.07, 6.45) is 5.24. The molecule has 1 saturated carbocycles. The number of hydrogen-bond donors (Lipinski definition) is 2. The Kier molecular flexibility index (Phi) is 4.71. The van der Waals surface area contributed by atoms with Crippen LogP contribution in [-0.2, 0) is 21.4 Å². The van der Waals surface area contributed by atoms with Crippen LogP contribution in [0.2, 0.25) is 0 Å². The van der Waals surface area contributed by atoms with Gasteiger partial charge in [-0.15, -0.1) is 0 Å². The number of nitrogens with two attached hydrogens (primary N) is 1. The number of esters is 1. The van der Waals surface area contributed by atoms with Crippen molar-refractivity contribution in [2.24, 2.45) is 17.6 Å². The Morgan fingerprint density at radius 1 is 1.33 bits per heavy atom. The van der Waals surface area contributed by atoms with Gasteiger partial charge < -0.3 is 15.6 Å². The summed E-state index contributed by atoms with van der Waals surface area (Å²) in [5.74, 6) is 0.523. The van der Waals surface area contributed by atoms with E-state index in [2.05, 4.69) is 31.2 Å². The van der Waals surface area contributed by atoms with Gasteiger partial charge in [-0.2, -0.15) is 0 Å². The standard InChI is InChI=1S/C20H29NO3/c1-14(13-22)11-16-12-15-5-3-4-6-17(15)19(16)7-9-20(21,10-8-19)18(23)24-2/h3-6,14,16,22H,7-13,21H2,1-2H3/t14-,16?,19?,20?/m1/s1. The van der Waals surface area contributed by atoms with Crippen LogP contribution in [0.3, 0.4) is 0 Å². The Balaban J connectivity index is 1.89. The minimum atomic E-state index is -0.843. The normalized spacial score (nSPS) is 33.2. The van der Waals surface area contributed by atoms with Crippen LogP contribution in [0.4, 0.5) is 0 Å². The third-order valence-electron chi connectivity index (χ3n) is 6.43. The van der Waals surface area contributed by atoms with E-state index >= 15 is 0 Å². The summed E-state index contributed by atoms with van der Waals surface area (Å²) in [5.41, 5.74) is 8.46. The quantitative estimate of drug-likeness (QED) is 0.832. The number of fused-ring (bicyclic) bond motifs is 2. The van der Waals surface area contributed by atoms with Gasteiger partial charge in [0, 0.05) is 6.61 Å². The summed E-state index contributed by atoms with van der Waals surface area (Å²) in [6.45, 7) is 2.34. The lowest BCUT2D eigenvalue weighted by molar-refractivity contribution is -0.149. The van der Waals surface area contributed by atoms with Crippen LogP contribution in [0.25, 0.3) is 0 Å². The molecular formula is C20H29NO3. The van der Waals surface area contributed by atoms with Gasteiger partial charge in [0.15, 0.2) is 0 Å². The highest BCUT2D eigenvalue weighted by atomic mass is 16.5. The minimum absolute atomic E-state index is 0.0942. The summed E-state index contributed by atoms with van der Waals surface area (Å²) in [5, 5.41) is 9.51. The van der Waals surface area contributed by atoms with Crippen molar-refractivity contribution < 1.29 is 14.6 Å². The minimum Gasteiger partial charge on any atom is -0.468 e. The van der Waals surface area contributed by atoms with Gasteiger partial charge in [-0.1, -0.05) is 31.2 Å². The lowest BCUT2D eigenvalue weighted by Gasteiger charge is -2.46. The van der Waals surface area contributed by atoms with Crippen molar-refractivity contribution in [2.75, 3.05) is 13.7 Å². The highest BCUT2D eigenvalue weighted by molar-refractivity contribution is 5.80. The van der Waals surface area contributed by atoms with Gasteiger partial charge in [0.2, 0.25) is 0 Å². The van der Waals surface area contributed by atoms with E-state index in [0.717, 1.165) is 25.7 Å². The van der Waals surface area contributed by atoms with Crippen LogP contribution in [0.15, 0.2) is 24.3 Å². The van der Waals surface area contributed by atoms with Crippen molar-refractivity contribution in [1.82, 2.24) is 0 Å². The fraction of sp³-hybridized carbons (Fsp3) is 0.650. The maximum atomic E-state index is 12.1. The van der Waals surface area contributed by atoms with Crippen molar-refractivity contribution in [3.05, 3.63) is 35.4 Å². The van der Waals surface area contributed by atoms with Crippen molar-refractivity contribution in [3.8, 4) is 0 Å². The summed E-state index contributed by atoms with van der Waals surface area (Å²) >= 11 is 0. The molecule has 0 bridgehead atoms. The number of aliphatic hydroxyl groups is 1. The summed E-state index contributed by atoms with van der Waals surface area (Å²) in [6, 6.07) is 8.70. The van der Waals surface area contributed by atoms with Crippen LogP contribution in [0.5, 0.6) is 0 Å². The molecule has 132 valence electrons. The van der Waals surface area contributed by atoms with Gasteiger partial charge in [-0.3, -0.25) is 4.79 Å². The second-order valence-corrected chi connectivity index (χ2v) is 7.89. The molecule has 1 fully saturated rings. The monoisotopic (exact) mass is 331 g/mol. The zero-order valence-electron chi connectivity index (χ0n) is 14.8. The largest absolute Gasteiger partial charge is 0.468 e. The molecule has 2 atom stereocenters. The number of ether oxygens (including phenoxy) is 1. The van der Waals surface area contributed by atoms with E-state index in [4.69, 9.17) is 10.5 Å². The molecule has 2 aliphatic carbocycles. The molecule has 1 unspecified atom stereocenters. The first-order chi connectivity index (χ1) is 11.4. The molecule has 1 aromatic rings. The van der Waals surface area contributed by atoms with Gasteiger partial charge >= 0.3 is 5.97 Å². The van der Waals surface area contributed by atoms with E-state index < -0.39 is 5.54 Å². The third kappa shape index (κ3) is 2.76. The molecular weight excluding hydrogens is 302 g/mol. The molecule has 3 N–H and O–H groups in total. The molecule has 0 heterocycles. The number of carbonyl (C=O) groups excluding carboxylic acids is 1. The maximum Gasteiger partial charge on any atom is 0.325 e. The highest BCUT2D eigenvalue weighted by Gasteiger charge is 2.52. The van der Waals surface area contributed by atoms with E-state index in [9.17, 15) is 9.90 Å². The number of hydrogen-bond acceptors (Lipinski definition) is 4. The second kappa shape index (κ2) is 6.49. The molecule has 4 nitrogen and oxygen atoms in total. The van der Waals surface area contributed by atoms with Gasteiger partial charge in [0.25, 0.3) is 0 Å². The van der Waals surface area contributed by atoms with Crippen molar-refractivity contribution >= 4 is 5.97 Å². The smallest absolute Gasteiger partial charge is 0.325 e. The molecule has 0 amide bonds. The Labute approximate surface area is 144 Å². The van der Waals surface area contributed by atoms with E-state index in [1.165, 1.54) is 18.2 Å². The van der Waals surface area contributed by atoms with Gasteiger partial charge in [0.1, 0.15) is 5.54 Å². The first-order valence-corrected chi connectivity index (χ1v) is 9.02. The summed E-state index contributed by atoms with van der Waals surface area (Å²) in [7, 11) is 1.41. The maximum absolute atomic E-state index is 12.1. The third-order valence-corrected chi connectivity index (χ3v) is 6.43. The molecule has 0 aromatic heterocycles. The van der Waals surface area contributed by atoms with E-state index in [0.29, 0.717) is 24.7 Å². The number of methoxy groups -OCH3 is 1. The van der Waals surface area contributed by atoms with Crippen molar-refractivity contribution in [1.29, 1.82) is 0 Å². The Morgan fingerprint density at radius 2 is 2.00 bits per heavy atom. The molecule has 4 heteroatoms. The van der Waals surface area contributed by atoms with Crippen LogP contribution < -0.4 is 5.73 Å². The van der Waals surface area contributed by atoms with Crippen LogP contribution in [0, 0.1) is 11.8 Å². The molecule has 3 rings (SSSR count). The fourth-order valence-electron chi connectivity index (χ4n) is 4.96. The molecule has 1 spiro atoms. The van der Waals surface area contributed by atoms with E-state index in [1.54, 1.807) is 0 Å². The zero-order chi connectivity index (χ0) is 17.4. The van der Waals surface area contributed by atoms with Gasteiger partial charge in [0.05, 0.1) is 7.11 Å². The second-order valence-electron chi connectivity index (χ2n) is 7.89. The lowest BCUT2D eigenvalue weighted by Crippen LogP contribution is -2.54. The molecule has 1 aromatic carbocycles. The van der Waals surface area contributed by atoms with Crippen LogP contribution in [-0.4, -0.2) is 30.3 Å². The Morgan fingerprint density at radius 3 is 2.62 bits per heavy atom. The zero-order valence-corrected chi connectivity index (χ0v) is 14.8. The SMILES string of the molecule is COC(=O)C1(N)CCC2(CC1)c1ccccc1CC2C[C@@H](C)CO. The lowest BCUT2D eigenvalue weighted by atomic mass is 9.60. The molecule has 0 aliphatic heterocycles. The Bertz CT molecular complexity index is 605. The topological polar surface area (TPSA) is 72.5 Å². The number of carbonyl (C=O) groups is 1. The average molecular weight is 331 g/mol. The Hall–Kier alpha value is -1.39. The summed E-state index contributed by atoms with van der Waals surface area (Å²) in [4.78, 5) is 12.1. The van der Waals surface area contributed by atoms with Crippen molar-refractivity contribution in [2.45, 2.75) is 56.4 Å². The highest BCUT2D eigenvalue weighted by Crippen LogP contribution is 2.55.